The van der Waals surface area contributed by atoms with Gasteiger partial charge in [0.2, 0.25) is 11.7 Å². The first kappa shape index (κ1) is 20.5. The number of pyridine rings is 1. The number of hydrogen-bond acceptors (Lipinski definition) is 6. The van der Waals surface area contributed by atoms with E-state index in [1.807, 2.05) is 0 Å². The Hall–Kier alpha value is -2.82. The average molecular weight is 391 g/mol. The first-order chi connectivity index (χ1) is 12.8. The Labute approximate surface area is 161 Å². The third kappa shape index (κ3) is 4.30. The van der Waals surface area contributed by atoms with Gasteiger partial charge in [0.15, 0.2) is 6.61 Å². The van der Waals surface area contributed by atoms with Crippen LogP contribution in [0.25, 0.3) is 0 Å². The van der Waals surface area contributed by atoms with Crippen molar-refractivity contribution in [2.45, 2.75) is 20.4 Å². The fourth-order valence-electron chi connectivity index (χ4n) is 2.60. The van der Waals surface area contributed by atoms with Gasteiger partial charge in [-0.2, -0.15) is 5.26 Å². The summed E-state index contributed by atoms with van der Waals surface area (Å²) in [6.07, 6.45) is 0. The van der Waals surface area contributed by atoms with Gasteiger partial charge in [0.25, 0.3) is 5.56 Å². The van der Waals surface area contributed by atoms with Gasteiger partial charge in [-0.1, -0.05) is 11.6 Å². The van der Waals surface area contributed by atoms with E-state index in [0.29, 0.717) is 10.8 Å². The van der Waals surface area contributed by atoms with Crippen LogP contribution in [0.15, 0.2) is 23.0 Å². The maximum Gasteiger partial charge on any atom is 0.271 e. The molecule has 27 heavy (non-hydrogen) atoms. The van der Waals surface area contributed by atoms with Gasteiger partial charge in [-0.25, -0.2) is 0 Å². The third-order valence-corrected chi connectivity index (χ3v) is 4.52. The van der Waals surface area contributed by atoms with Gasteiger partial charge in [0.1, 0.15) is 17.4 Å². The Morgan fingerprint density at radius 3 is 2.67 bits per heavy atom. The molecule has 0 aliphatic heterocycles. The molecule has 0 unspecified atom stereocenters. The predicted octanol–water partition coefficient (Wildman–Crippen LogP) is 2.60. The molecule has 0 fully saturated rings. The van der Waals surface area contributed by atoms with Crippen LogP contribution < -0.4 is 10.3 Å². The van der Waals surface area contributed by atoms with Gasteiger partial charge in [-0.15, -0.1) is 0 Å². The lowest BCUT2D eigenvalue weighted by molar-refractivity contribution is 0.0915. The molecule has 0 saturated carbocycles. The van der Waals surface area contributed by atoms with E-state index < -0.39 is 17.2 Å². The minimum atomic E-state index is -0.671. The zero-order valence-electron chi connectivity index (χ0n) is 15.2. The van der Waals surface area contributed by atoms with Gasteiger partial charge < -0.3 is 14.6 Å². The molecule has 2 rings (SSSR count). The molecular weight excluding hydrogens is 372 g/mol. The van der Waals surface area contributed by atoms with E-state index in [9.17, 15) is 20.0 Å². The number of hydrogen-bond donors (Lipinski definition) is 1. The summed E-state index contributed by atoms with van der Waals surface area (Å²) in [6.45, 7) is 3.02. The lowest BCUT2D eigenvalue weighted by atomic mass is 10.0. The van der Waals surface area contributed by atoms with Crippen LogP contribution in [0.5, 0.6) is 11.6 Å². The average Bonchev–Trinajstić information content (AvgIpc) is 2.63. The molecule has 7 nitrogen and oxygen atoms in total. The SMILES string of the molecule is COCCn1c(O)c(C(=O)COc2ccc(Cl)c(C)c2)c(C)c(C#N)c1=O. The van der Waals surface area contributed by atoms with Gasteiger partial charge >= 0.3 is 0 Å². The molecule has 1 N–H and O–H groups in total. The van der Waals surface area contributed by atoms with Gasteiger partial charge in [-0.05, 0) is 43.2 Å². The second-order valence-electron chi connectivity index (χ2n) is 5.88. The Balaban J connectivity index is 2.38. The largest absolute Gasteiger partial charge is 0.494 e. The van der Waals surface area contributed by atoms with Crippen LogP contribution in [0.1, 0.15) is 27.0 Å². The van der Waals surface area contributed by atoms with E-state index in [0.717, 1.165) is 10.1 Å². The highest BCUT2D eigenvalue weighted by molar-refractivity contribution is 6.31. The Morgan fingerprint density at radius 1 is 1.37 bits per heavy atom. The molecule has 142 valence electrons. The first-order valence-electron chi connectivity index (χ1n) is 8.09. The maximum absolute atomic E-state index is 12.6. The van der Waals surface area contributed by atoms with Crippen molar-refractivity contribution < 1.29 is 19.4 Å². The van der Waals surface area contributed by atoms with Crippen molar-refractivity contribution in [1.82, 2.24) is 4.57 Å². The predicted molar refractivity (Wildman–Crippen MR) is 99.7 cm³/mol. The van der Waals surface area contributed by atoms with Crippen molar-refractivity contribution >= 4 is 17.4 Å². The minimum Gasteiger partial charge on any atom is -0.494 e. The number of methoxy groups -OCH3 is 1. The van der Waals surface area contributed by atoms with Gasteiger partial charge in [0, 0.05) is 12.1 Å². The molecule has 0 atom stereocenters. The van der Waals surface area contributed by atoms with Crippen LogP contribution in [0.3, 0.4) is 0 Å². The van der Waals surface area contributed by atoms with E-state index in [2.05, 4.69) is 0 Å². The standard InChI is InChI=1S/C19H19ClN2O5/c1-11-8-13(4-5-15(11)20)27-10-16(23)17-12(2)14(9-21)18(24)22(19(17)25)6-7-26-3/h4-5,8,25H,6-7,10H2,1-3H3. The summed E-state index contributed by atoms with van der Waals surface area (Å²) in [5, 5.41) is 20.3. The van der Waals surface area contributed by atoms with E-state index in [-0.39, 0.29) is 36.4 Å². The van der Waals surface area contributed by atoms with Crippen molar-refractivity contribution in [3.05, 3.63) is 55.8 Å². The van der Waals surface area contributed by atoms with Crippen molar-refractivity contribution in [3.8, 4) is 17.7 Å². The monoisotopic (exact) mass is 390 g/mol. The number of aryl methyl sites for hydroxylation is 1. The number of halogens is 1. The van der Waals surface area contributed by atoms with Crippen molar-refractivity contribution in [1.29, 1.82) is 5.26 Å². The van der Waals surface area contributed by atoms with Crippen molar-refractivity contribution in [2.24, 2.45) is 0 Å². The number of aromatic nitrogens is 1. The number of nitrogens with zero attached hydrogens (tertiary/aromatic N) is 2. The second-order valence-corrected chi connectivity index (χ2v) is 6.29. The van der Waals surface area contributed by atoms with E-state index in [1.54, 1.807) is 31.2 Å². The minimum absolute atomic E-state index is 0.00758. The number of aromatic hydroxyl groups is 1. The number of carbonyl (C=O) groups excluding carboxylic acids is 1. The van der Waals surface area contributed by atoms with Crippen LogP contribution in [-0.4, -0.2) is 35.8 Å². The number of ether oxygens (including phenoxy) is 2. The summed E-state index contributed by atoms with van der Waals surface area (Å²) >= 11 is 5.96. The molecule has 1 aromatic heterocycles. The van der Waals surface area contributed by atoms with Crippen molar-refractivity contribution in [2.75, 3.05) is 20.3 Å². The molecule has 0 spiro atoms. The zero-order valence-corrected chi connectivity index (χ0v) is 16.0. The topological polar surface area (TPSA) is 102 Å². The number of carbonyl (C=O) groups is 1. The number of ketones is 1. The number of Topliss-reactive ketones (excluding diaryl/α,β-unsaturated/α-hetero) is 1. The highest BCUT2D eigenvalue weighted by Crippen LogP contribution is 2.24. The third-order valence-electron chi connectivity index (χ3n) is 4.10. The molecular formula is C19H19ClN2O5. The molecule has 0 bridgehead atoms. The summed E-state index contributed by atoms with van der Waals surface area (Å²) in [6, 6.07) is 6.75. The number of nitriles is 1. The molecule has 8 heteroatoms. The summed E-state index contributed by atoms with van der Waals surface area (Å²) in [7, 11) is 1.44. The van der Waals surface area contributed by atoms with Crippen LogP contribution in [0.4, 0.5) is 0 Å². The lowest BCUT2D eigenvalue weighted by Crippen LogP contribution is -2.29. The Bertz CT molecular complexity index is 976. The highest BCUT2D eigenvalue weighted by atomic mass is 35.5. The fourth-order valence-corrected chi connectivity index (χ4v) is 2.72. The number of rotatable bonds is 7. The van der Waals surface area contributed by atoms with Crippen molar-refractivity contribution in [3.63, 3.8) is 0 Å². The molecule has 2 aromatic rings. The molecule has 0 saturated heterocycles. The molecule has 1 heterocycles. The number of benzene rings is 1. The lowest BCUT2D eigenvalue weighted by Gasteiger charge is -2.15. The smallest absolute Gasteiger partial charge is 0.271 e. The molecule has 0 aliphatic rings. The molecule has 1 aromatic carbocycles. The summed E-state index contributed by atoms with van der Waals surface area (Å²) < 4.78 is 11.3. The summed E-state index contributed by atoms with van der Waals surface area (Å²) in [5.74, 6) is -0.620. The quantitative estimate of drug-likeness (QED) is 0.729. The molecule has 0 amide bonds. The molecule has 0 radical (unpaired) electrons. The second kappa shape index (κ2) is 8.71. The van der Waals surface area contributed by atoms with E-state index in [4.69, 9.17) is 21.1 Å². The zero-order chi connectivity index (χ0) is 20.1. The highest BCUT2D eigenvalue weighted by Gasteiger charge is 2.24. The van der Waals surface area contributed by atoms with E-state index in [1.165, 1.54) is 14.0 Å². The van der Waals surface area contributed by atoms with Gasteiger partial charge in [-0.3, -0.25) is 14.2 Å². The first-order valence-corrected chi connectivity index (χ1v) is 8.47. The van der Waals surface area contributed by atoms with Crippen LogP contribution >= 0.6 is 11.6 Å². The Morgan fingerprint density at radius 2 is 2.07 bits per heavy atom. The van der Waals surface area contributed by atoms with Crippen LogP contribution in [0, 0.1) is 25.2 Å². The molecule has 0 aliphatic carbocycles. The normalized spacial score (nSPS) is 10.5. The van der Waals surface area contributed by atoms with Crippen LogP contribution in [0.2, 0.25) is 5.02 Å². The summed E-state index contributed by atoms with van der Waals surface area (Å²) in [4.78, 5) is 25.0. The van der Waals surface area contributed by atoms with E-state index >= 15 is 0 Å². The fraction of sp³-hybridized carbons (Fsp3) is 0.316. The maximum atomic E-state index is 12.6. The van der Waals surface area contributed by atoms with Gasteiger partial charge in [0.05, 0.1) is 18.7 Å². The van der Waals surface area contributed by atoms with Crippen LogP contribution in [-0.2, 0) is 11.3 Å². The summed E-state index contributed by atoms with van der Waals surface area (Å²) in [5.41, 5.74) is -0.0760. The Kier molecular flexibility index (Phi) is 6.61.